The highest BCUT2D eigenvalue weighted by Gasteiger charge is 2.37. The fourth-order valence-corrected chi connectivity index (χ4v) is 5.36. The average molecular weight is 367 g/mol. The molecule has 0 bridgehead atoms. The number of allylic oxidation sites excluding steroid dienone is 1. The molecule has 0 spiro atoms. The molecule has 1 aromatic carbocycles. The average Bonchev–Trinajstić information content (AvgIpc) is 2.95. The van der Waals surface area contributed by atoms with Gasteiger partial charge in [-0.2, -0.15) is 0 Å². The topological polar surface area (TPSA) is 23.6 Å². The van der Waals surface area contributed by atoms with Crippen molar-refractivity contribution in [2.45, 2.75) is 70.8 Å². The van der Waals surface area contributed by atoms with E-state index < -0.39 is 0 Å². The van der Waals surface area contributed by atoms with Crippen molar-refractivity contribution in [3.63, 3.8) is 0 Å². The van der Waals surface area contributed by atoms with Crippen molar-refractivity contribution < 1.29 is 4.79 Å². The van der Waals surface area contributed by atoms with E-state index in [0.717, 1.165) is 48.7 Å². The van der Waals surface area contributed by atoms with Gasteiger partial charge in [-0.1, -0.05) is 56.4 Å². The van der Waals surface area contributed by atoms with E-state index in [2.05, 4.69) is 28.0 Å². The number of hydrogen-bond donors (Lipinski definition) is 0. The lowest BCUT2D eigenvalue weighted by Crippen LogP contribution is -2.47. The smallest absolute Gasteiger partial charge is 0.258 e. The molecular formula is C24H34N2O. The Morgan fingerprint density at radius 3 is 2.33 bits per heavy atom. The van der Waals surface area contributed by atoms with Crippen molar-refractivity contribution >= 4 is 17.2 Å². The van der Waals surface area contributed by atoms with Crippen LogP contribution in [0.15, 0.2) is 30.3 Å². The van der Waals surface area contributed by atoms with Gasteiger partial charge in [0.1, 0.15) is 0 Å². The third-order valence-corrected chi connectivity index (χ3v) is 6.86. The largest absolute Gasteiger partial charge is 0.305 e. The lowest BCUT2D eigenvalue weighted by molar-refractivity contribution is -0.113. The quantitative estimate of drug-likeness (QED) is 0.681. The Hall–Kier alpha value is -1.61. The number of carbonyl (C=O) groups excluding carboxylic acids is 1. The number of carbonyl (C=O) groups is 1. The molecule has 3 aliphatic rings. The van der Waals surface area contributed by atoms with Crippen molar-refractivity contribution in [2.24, 2.45) is 5.92 Å². The Balaban J connectivity index is 1.37. The summed E-state index contributed by atoms with van der Waals surface area (Å²) >= 11 is 0. The number of piperidine rings is 1. The maximum atomic E-state index is 13.0. The van der Waals surface area contributed by atoms with Crippen molar-refractivity contribution in [2.75, 3.05) is 24.5 Å². The Bertz CT molecular complexity index is 679. The van der Waals surface area contributed by atoms with Crippen LogP contribution in [0.25, 0.3) is 5.57 Å². The van der Waals surface area contributed by atoms with Crippen LogP contribution >= 0.6 is 0 Å². The zero-order valence-corrected chi connectivity index (χ0v) is 16.8. The standard InChI is InChI=1S/C24H34N2O/c1-2-21-22-12-8-9-13-23(22)26(24(21)27)20-14-16-25(17-15-20)18-19-10-6-4-3-5-7-11-19/h2,8-9,12-13,19-20H,3-7,10-11,14-18H2,1H3. The van der Waals surface area contributed by atoms with Crippen LogP contribution in [0.2, 0.25) is 0 Å². The summed E-state index contributed by atoms with van der Waals surface area (Å²) in [5, 5.41) is 0. The van der Waals surface area contributed by atoms with E-state index in [-0.39, 0.29) is 5.91 Å². The second kappa shape index (κ2) is 8.60. The summed E-state index contributed by atoms with van der Waals surface area (Å²) in [5.74, 6) is 1.10. The molecule has 1 saturated carbocycles. The molecule has 27 heavy (non-hydrogen) atoms. The normalized spacial score (nSPS) is 24.9. The van der Waals surface area contributed by atoms with Crippen molar-refractivity contribution in [3.8, 4) is 0 Å². The van der Waals surface area contributed by atoms with Gasteiger partial charge >= 0.3 is 0 Å². The second-order valence-corrected chi connectivity index (χ2v) is 8.64. The van der Waals surface area contributed by atoms with Gasteiger partial charge in [0.25, 0.3) is 5.91 Å². The molecule has 2 fully saturated rings. The molecule has 3 heteroatoms. The number of para-hydroxylation sites is 1. The van der Waals surface area contributed by atoms with E-state index in [1.807, 2.05) is 19.1 Å². The molecule has 3 nitrogen and oxygen atoms in total. The molecule has 1 saturated heterocycles. The Kier molecular flexibility index (Phi) is 5.97. The van der Waals surface area contributed by atoms with E-state index in [1.165, 1.54) is 51.5 Å². The minimum Gasteiger partial charge on any atom is -0.305 e. The lowest BCUT2D eigenvalue weighted by atomic mass is 9.90. The molecule has 0 radical (unpaired) electrons. The summed E-state index contributed by atoms with van der Waals surface area (Å²) in [6.45, 7) is 5.53. The molecule has 0 aromatic heterocycles. The van der Waals surface area contributed by atoms with Crippen LogP contribution in [0.4, 0.5) is 5.69 Å². The number of rotatable bonds is 3. The van der Waals surface area contributed by atoms with Gasteiger partial charge in [-0.15, -0.1) is 0 Å². The van der Waals surface area contributed by atoms with Crippen LogP contribution < -0.4 is 4.90 Å². The van der Waals surface area contributed by atoms with E-state index in [9.17, 15) is 4.79 Å². The van der Waals surface area contributed by atoms with E-state index in [0.29, 0.717) is 6.04 Å². The third-order valence-electron chi connectivity index (χ3n) is 6.86. The number of benzene rings is 1. The highest BCUT2D eigenvalue weighted by atomic mass is 16.2. The summed E-state index contributed by atoms with van der Waals surface area (Å²) in [4.78, 5) is 17.8. The first-order chi connectivity index (χ1) is 13.3. The molecule has 0 N–H and O–H groups in total. The van der Waals surface area contributed by atoms with Crippen molar-refractivity contribution in [3.05, 3.63) is 35.9 Å². The minimum atomic E-state index is 0.206. The predicted molar refractivity (Wildman–Crippen MR) is 113 cm³/mol. The van der Waals surface area contributed by atoms with Gasteiger partial charge in [-0.3, -0.25) is 4.79 Å². The number of hydrogen-bond acceptors (Lipinski definition) is 2. The van der Waals surface area contributed by atoms with Crippen LogP contribution in [0, 0.1) is 5.92 Å². The van der Waals surface area contributed by atoms with Gasteiger partial charge in [0, 0.05) is 36.8 Å². The fourth-order valence-electron chi connectivity index (χ4n) is 5.36. The Morgan fingerprint density at radius 2 is 1.63 bits per heavy atom. The van der Waals surface area contributed by atoms with Crippen LogP contribution in [-0.4, -0.2) is 36.5 Å². The van der Waals surface area contributed by atoms with E-state index in [4.69, 9.17) is 0 Å². The van der Waals surface area contributed by atoms with E-state index >= 15 is 0 Å². The summed E-state index contributed by atoms with van der Waals surface area (Å²) in [6.07, 6.45) is 14.2. The Labute approximate surface area is 164 Å². The third kappa shape index (κ3) is 3.99. The van der Waals surface area contributed by atoms with Gasteiger partial charge in [0.15, 0.2) is 0 Å². The molecule has 2 heterocycles. The van der Waals surface area contributed by atoms with Crippen LogP contribution in [-0.2, 0) is 4.79 Å². The first kappa shape index (κ1) is 18.7. The zero-order chi connectivity index (χ0) is 18.6. The predicted octanol–water partition coefficient (Wildman–Crippen LogP) is 5.26. The van der Waals surface area contributed by atoms with Gasteiger partial charge < -0.3 is 9.80 Å². The molecule has 146 valence electrons. The van der Waals surface area contributed by atoms with E-state index in [1.54, 1.807) is 0 Å². The molecule has 1 aliphatic carbocycles. The van der Waals surface area contributed by atoms with Gasteiger partial charge in [0.05, 0.1) is 5.69 Å². The lowest BCUT2D eigenvalue weighted by Gasteiger charge is -2.38. The molecule has 1 aromatic rings. The Morgan fingerprint density at radius 1 is 0.963 bits per heavy atom. The maximum Gasteiger partial charge on any atom is 0.258 e. The molecule has 2 aliphatic heterocycles. The number of fused-ring (bicyclic) bond motifs is 1. The number of anilines is 1. The van der Waals surface area contributed by atoms with Crippen molar-refractivity contribution in [1.29, 1.82) is 0 Å². The molecule has 4 rings (SSSR count). The number of amides is 1. The van der Waals surface area contributed by atoms with Crippen LogP contribution in [0.5, 0.6) is 0 Å². The fraction of sp³-hybridized carbons (Fsp3) is 0.625. The second-order valence-electron chi connectivity index (χ2n) is 8.64. The molecule has 0 atom stereocenters. The highest BCUT2D eigenvalue weighted by molar-refractivity contribution is 6.32. The first-order valence-electron chi connectivity index (χ1n) is 11.1. The van der Waals surface area contributed by atoms with Crippen LogP contribution in [0.3, 0.4) is 0 Å². The maximum absolute atomic E-state index is 13.0. The SMILES string of the molecule is CC=C1C(=O)N(C2CCN(CC3CCCCCCC3)CC2)c2ccccc21. The summed E-state index contributed by atoms with van der Waals surface area (Å²) in [7, 11) is 0. The zero-order valence-electron chi connectivity index (χ0n) is 16.8. The first-order valence-corrected chi connectivity index (χ1v) is 11.1. The molecular weight excluding hydrogens is 332 g/mol. The van der Waals surface area contributed by atoms with Crippen molar-refractivity contribution in [1.82, 2.24) is 4.90 Å². The summed E-state index contributed by atoms with van der Waals surface area (Å²) in [6, 6.07) is 8.65. The summed E-state index contributed by atoms with van der Waals surface area (Å²) in [5.41, 5.74) is 3.11. The van der Waals surface area contributed by atoms with Gasteiger partial charge in [0.2, 0.25) is 0 Å². The number of likely N-dealkylation sites (tertiary alicyclic amines) is 1. The molecule has 0 unspecified atom stereocenters. The summed E-state index contributed by atoms with van der Waals surface area (Å²) < 4.78 is 0. The van der Waals surface area contributed by atoms with Gasteiger partial charge in [-0.05, 0) is 44.6 Å². The van der Waals surface area contributed by atoms with Gasteiger partial charge in [-0.25, -0.2) is 0 Å². The molecule has 1 amide bonds. The minimum absolute atomic E-state index is 0.206. The van der Waals surface area contributed by atoms with Crippen LogP contribution in [0.1, 0.15) is 70.3 Å². The monoisotopic (exact) mass is 366 g/mol. The highest BCUT2D eigenvalue weighted by Crippen LogP contribution is 2.39. The number of nitrogens with zero attached hydrogens (tertiary/aromatic N) is 2.